The number of carbonyl (C=O) groups excluding carboxylic acids is 1. The van der Waals surface area contributed by atoms with Crippen LogP contribution in [0.3, 0.4) is 0 Å². The van der Waals surface area contributed by atoms with Crippen molar-refractivity contribution < 1.29 is 63.4 Å². The van der Waals surface area contributed by atoms with Crippen molar-refractivity contribution in [2.75, 3.05) is 19.5 Å². The first kappa shape index (κ1) is 41.4. The summed E-state index contributed by atoms with van der Waals surface area (Å²) in [5, 5.41) is 40.7. The van der Waals surface area contributed by atoms with Crippen molar-refractivity contribution in [1.29, 1.82) is 0 Å². The van der Waals surface area contributed by atoms with E-state index in [1.165, 1.54) is 68.8 Å². The SMILES string of the molecule is COc1cc(N=Nc2c(O)ccc3ccc(S(=O)(=O)O)cc23)c(OC)cc1N=Nc1c(S(=O)(=O)O)cc2cc(S(=O)(=O)O)cc(NC(=O)c3ccc(Cl)cc3)c2c1O. The third-order valence-corrected chi connectivity index (χ3v) is 11.1. The molecule has 0 aliphatic carbocycles. The molecule has 0 aliphatic heterocycles. The zero-order chi connectivity index (χ0) is 42.3. The Hall–Kier alpha value is -6.27. The molecular weight excluding hydrogens is 846 g/mol. The van der Waals surface area contributed by atoms with Crippen molar-refractivity contribution in [3.05, 3.63) is 95.5 Å². The van der Waals surface area contributed by atoms with Crippen LogP contribution in [-0.4, -0.2) is 69.3 Å². The van der Waals surface area contributed by atoms with Crippen LogP contribution in [0.4, 0.5) is 28.4 Å². The van der Waals surface area contributed by atoms with E-state index in [1.807, 2.05) is 0 Å². The van der Waals surface area contributed by atoms with Crippen LogP contribution in [0.1, 0.15) is 10.4 Å². The van der Waals surface area contributed by atoms with Crippen LogP contribution in [0.15, 0.2) is 120 Å². The van der Waals surface area contributed by atoms with Crippen molar-refractivity contribution >= 4 is 97.8 Å². The quantitative estimate of drug-likeness (QED) is 0.0533. The van der Waals surface area contributed by atoms with Gasteiger partial charge in [0.05, 0.1) is 29.7 Å². The molecule has 19 nitrogen and oxygen atoms in total. The van der Waals surface area contributed by atoms with Gasteiger partial charge in [-0.1, -0.05) is 23.7 Å². The van der Waals surface area contributed by atoms with Crippen molar-refractivity contribution in [2.45, 2.75) is 14.7 Å². The molecule has 23 heteroatoms. The maximum absolute atomic E-state index is 13.2. The predicted molar refractivity (Wildman–Crippen MR) is 208 cm³/mol. The van der Waals surface area contributed by atoms with Crippen LogP contribution in [0.5, 0.6) is 23.0 Å². The standard InChI is InChI=1S/C35H26ClN5O14S3/c1-54-28-16-25(29(55-2)15-24(28)38-40-32-23-13-21(56(45,46)47)9-5-17(23)6-10-27(32)42)39-41-33-30(58(51,52)53)12-19-11-22(57(48,49)50)14-26(31(19)34(33)43)37-35(44)18-3-7-20(36)8-4-18/h3-16,42-43H,1-2H3,(H,37,44)(H,45,46,47)(H,48,49,50)(H,51,52,53). The molecule has 0 aliphatic rings. The van der Waals surface area contributed by atoms with Crippen molar-refractivity contribution in [3.63, 3.8) is 0 Å². The van der Waals surface area contributed by atoms with Gasteiger partial charge < -0.3 is 25.0 Å². The first-order chi connectivity index (χ1) is 27.2. The molecule has 0 bridgehead atoms. The van der Waals surface area contributed by atoms with Gasteiger partial charge in [0.15, 0.2) is 5.75 Å². The monoisotopic (exact) mass is 871 g/mol. The van der Waals surface area contributed by atoms with Crippen LogP contribution < -0.4 is 14.8 Å². The van der Waals surface area contributed by atoms with E-state index >= 15 is 0 Å². The number of fused-ring (bicyclic) bond motifs is 2. The number of carbonyl (C=O) groups is 1. The molecule has 0 saturated heterocycles. The molecule has 0 atom stereocenters. The van der Waals surface area contributed by atoms with Gasteiger partial charge in [-0.05, 0) is 71.4 Å². The summed E-state index contributed by atoms with van der Waals surface area (Å²) >= 11 is 5.91. The lowest BCUT2D eigenvalue weighted by atomic mass is 10.1. The van der Waals surface area contributed by atoms with Gasteiger partial charge in [0.2, 0.25) is 0 Å². The minimum atomic E-state index is -5.26. The van der Waals surface area contributed by atoms with Crippen LogP contribution in [0.25, 0.3) is 21.5 Å². The highest BCUT2D eigenvalue weighted by atomic mass is 35.5. The Bertz CT molecular complexity index is 3090. The molecule has 0 saturated carbocycles. The lowest BCUT2D eigenvalue weighted by molar-refractivity contribution is 0.102. The number of phenols is 2. The van der Waals surface area contributed by atoms with E-state index in [0.29, 0.717) is 10.4 Å². The Morgan fingerprint density at radius 3 is 1.76 bits per heavy atom. The molecule has 0 unspecified atom stereocenters. The van der Waals surface area contributed by atoms with Gasteiger partial charge >= 0.3 is 0 Å². The van der Waals surface area contributed by atoms with E-state index in [4.69, 9.17) is 21.1 Å². The van der Waals surface area contributed by atoms with Gasteiger partial charge in [0.1, 0.15) is 44.9 Å². The normalized spacial score (nSPS) is 12.4. The summed E-state index contributed by atoms with van der Waals surface area (Å²) in [6, 6.07) is 16.6. The van der Waals surface area contributed by atoms with Crippen LogP contribution in [0, 0.1) is 0 Å². The molecule has 0 radical (unpaired) electrons. The average molecular weight is 872 g/mol. The maximum Gasteiger partial charge on any atom is 0.296 e. The molecule has 1 amide bonds. The number of aromatic hydroxyl groups is 2. The molecule has 0 spiro atoms. The highest BCUT2D eigenvalue weighted by molar-refractivity contribution is 7.86. The van der Waals surface area contributed by atoms with Gasteiger partial charge in [-0.3, -0.25) is 18.5 Å². The van der Waals surface area contributed by atoms with Crippen LogP contribution >= 0.6 is 11.6 Å². The zero-order valence-corrected chi connectivity index (χ0v) is 32.6. The Kier molecular flexibility index (Phi) is 11.1. The smallest absolute Gasteiger partial charge is 0.296 e. The summed E-state index contributed by atoms with van der Waals surface area (Å²) in [6.07, 6.45) is 0. The molecule has 6 aromatic carbocycles. The Labute approximate surface area is 333 Å². The molecular formula is C35H26ClN5O14S3. The number of halogens is 1. The first-order valence-electron chi connectivity index (χ1n) is 15.9. The van der Waals surface area contributed by atoms with Crippen LogP contribution in [-0.2, 0) is 30.4 Å². The van der Waals surface area contributed by atoms with Crippen molar-refractivity contribution in [1.82, 2.24) is 0 Å². The number of methoxy groups -OCH3 is 2. The highest BCUT2D eigenvalue weighted by Gasteiger charge is 2.27. The number of amides is 1. The predicted octanol–water partition coefficient (Wildman–Crippen LogP) is 7.90. The van der Waals surface area contributed by atoms with E-state index in [9.17, 15) is 53.9 Å². The van der Waals surface area contributed by atoms with Gasteiger partial charge in [0.25, 0.3) is 36.3 Å². The van der Waals surface area contributed by atoms with Crippen molar-refractivity contribution in [2.24, 2.45) is 20.5 Å². The molecule has 0 fully saturated rings. The Morgan fingerprint density at radius 1 is 0.638 bits per heavy atom. The largest absolute Gasteiger partial charge is 0.506 e. The van der Waals surface area contributed by atoms with E-state index in [-0.39, 0.29) is 50.3 Å². The number of anilines is 1. The topological polar surface area (TPSA) is 301 Å². The molecule has 0 aromatic heterocycles. The second kappa shape index (κ2) is 15.6. The molecule has 6 rings (SSSR count). The van der Waals surface area contributed by atoms with Crippen LogP contribution in [0.2, 0.25) is 5.02 Å². The second-order valence-corrected chi connectivity index (χ2v) is 16.6. The number of hydrogen-bond acceptors (Lipinski definition) is 15. The summed E-state index contributed by atoms with van der Waals surface area (Å²) in [5.74, 6) is -2.40. The van der Waals surface area contributed by atoms with Gasteiger partial charge in [-0.2, -0.15) is 25.3 Å². The summed E-state index contributed by atoms with van der Waals surface area (Å²) in [4.78, 5) is 10.8. The number of ether oxygens (including phenoxy) is 2. The van der Waals surface area contributed by atoms with Gasteiger partial charge in [-0.15, -0.1) is 20.5 Å². The summed E-state index contributed by atoms with van der Waals surface area (Å²) in [6.45, 7) is 0. The fourth-order valence-corrected chi connectivity index (χ4v) is 7.40. The molecule has 6 aromatic rings. The van der Waals surface area contributed by atoms with Gasteiger partial charge in [0, 0.05) is 33.5 Å². The Balaban J connectivity index is 1.48. The highest BCUT2D eigenvalue weighted by Crippen LogP contribution is 2.47. The lowest BCUT2D eigenvalue weighted by Crippen LogP contribution is -2.13. The zero-order valence-electron chi connectivity index (χ0n) is 29.4. The number of rotatable bonds is 11. The first-order valence-corrected chi connectivity index (χ1v) is 20.6. The van der Waals surface area contributed by atoms with Gasteiger partial charge in [-0.25, -0.2) is 0 Å². The minimum Gasteiger partial charge on any atom is -0.506 e. The van der Waals surface area contributed by atoms with E-state index in [0.717, 1.165) is 30.3 Å². The Morgan fingerprint density at radius 2 is 1.21 bits per heavy atom. The maximum atomic E-state index is 13.2. The third kappa shape index (κ3) is 8.52. The molecule has 6 N–H and O–H groups in total. The third-order valence-electron chi connectivity index (χ3n) is 8.29. The number of nitrogens with one attached hydrogen (secondary N) is 1. The van der Waals surface area contributed by atoms with E-state index in [2.05, 4.69) is 25.8 Å². The number of hydrogen-bond donors (Lipinski definition) is 6. The molecule has 300 valence electrons. The lowest BCUT2D eigenvalue weighted by Gasteiger charge is -2.15. The number of benzene rings is 6. The van der Waals surface area contributed by atoms with E-state index in [1.54, 1.807) is 0 Å². The van der Waals surface area contributed by atoms with Crippen molar-refractivity contribution in [3.8, 4) is 23.0 Å². The number of azo groups is 2. The summed E-state index contributed by atoms with van der Waals surface area (Å²) in [7, 11) is -12.4. The fraction of sp³-hybridized carbons (Fsp3) is 0.0571. The fourth-order valence-electron chi connectivity index (χ4n) is 5.56. The average Bonchev–Trinajstić information content (AvgIpc) is 3.15. The van der Waals surface area contributed by atoms with E-state index < -0.39 is 73.8 Å². The number of nitrogens with zero attached hydrogens (tertiary/aromatic N) is 4. The number of phenolic OH excluding ortho intramolecular Hbond substituents is 2. The minimum absolute atomic E-state index is 0.0352. The summed E-state index contributed by atoms with van der Waals surface area (Å²) in [5.41, 5.74) is -1.66. The second-order valence-electron chi connectivity index (χ2n) is 11.9. The summed E-state index contributed by atoms with van der Waals surface area (Å²) < 4.78 is 113. The molecule has 0 heterocycles. The molecule has 58 heavy (non-hydrogen) atoms.